The standard InChI is InChI=1S/C28H29N3O2/c1-19-12-13-24(21(3)16-19)31-18-22(17-27(31)32)28-29-23-9-5-6-10-25(23)30(28)14-15-33-26-11-7-4-8-20(26)2/h4-13,16,22H,14-15,17-18H2,1-3H3/t22-/m0/s1. The van der Waals surface area contributed by atoms with E-state index in [1.54, 1.807) is 0 Å². The first-order valence-corrected chi connectivity index (χ1v) is 11.5. The minimum atomic E-state index is 0.0454. The molecule has 0 radical (unpaired) electrons. The maximum atomic E-state index is 13.0. The van der Waals surface area contributed by atoms with E-state index in [1.807, 2.05) is 41.3 Å². The normalized spacial score (nSPS) is 16.0. The lowest BCUT2D eigenvalue weighted by Gasteiger charge is -2.20. The van der Waals surface area contributed by atoms with Gasteiger partial charge in [-0.25, -0.2) is 4.98 Å². The van der Waals surface area contributed by atoms with Crippen molar-refractivity contribution in [3.63, 3.8) is 0 Å². The van der Waals surface area contributed by atoms with E-state index in [2.05, 4.69) is 55.7 Å². The predicted molar refractivity (Wildman–Crippen MR) is 132 cm³/mol. The van der Waals surface area contributed by atoms with E-state index in [4.69, 9.17) is 9.72 Å². The Balaban J connectivity index is 1.42. The number of rotatable bonds is 6. The van der Waals surface area contributed by atoms with Gasteiger partial charge in [0.15, 0.2) is 0 Å². The van der Waals surface area contributed by atoms with Crippen molar-refractivity contribution in [2.45, 2.75) is 39.7 Å². The fourth-order valence-corrected chi connectivity index (χ4v) is 4.83. The van der Waals surface area contributed by atoms with Gasteiger partial charge in [0.2, 0.25) is 5.91 Å². The second-order valence-electron chi connectivity index (χ2n) is 8.92. The van der Waals surface area contributed by atoms with E-state index in [0.29, 0.717) is 26.1 Å². The molecule has 0 N–H and O–H groups in total. The molecule has 0 aliphatic carbocycles. The summed E-state index contributed by atoms with van der Waals surface area (Å²) >= 11 is 0. The summed E-state index contributed by atoms with van der Waals surface area (Å²) in [6.07, 6.45) is 0.468. The van der Waals surface area contributed by atoms with Crippen LogP contribution in [0.1, 0.15) is 34.9 Å². The second kappa shape index (κ2) is 8.74. The molecule has 168 valence electrons. The van der Waals surface area contributed by atoms with Gasteiger partial charge in [-0.15, -0.1) is 0 Å². The SMILES string of the molecule is Cc1ccc(N2C[C@@H](c3nc4ccccc4n3CCOc3ccccc3C)CC2=O)c(C)c1. The number of para-hydroxylation sites is 3. The predicted octanol–water partition coefficient (Wildman–Crippen LogP) is 5.56. The first-order valence-electron chi connectivity index (χ1n) is 11.5. The maximum absolute atomic E-state index is 13.0. The monoisotopic (exact) mass is 439 g/mol. The molecule has 0 bridgehead atoms. The number of nitrogens with zero attached hydrogens (tertiary/aromatic N) is 3. The third kappa shape index (κ3) is 4.11. The molecule has 5 rings (SSSR count). The molecule has 1 aliphatic heterocycles. The van der Waals surface area contributed by atoms with Crippen molar-refractivity contribution in [3.8, 4) is 5.75 Å². The lowest BCUT2D eigenvalue weighted by Crippen LogP contribution is -2.25. The van der Waals surface area contributed by atoms with Crippen molar-refractivity contribution in [1.82, 2.24) is 9.55 Å². The number of ether oxygens (including phenoxy) is 1. The third-order valence-corrected chi connectivity index (χ3v) is 6.48. The minimum absolute atomic E-state index is 0.0454. The van der Waals surface area contributed by atoms with Crippen LogP contribution < -0.4 is 9.64 Å². The fraction of sp³-hybridized carbons (Fsp3) is 0.286. The molecule has 0 unspecified atom stereocenters. The summed E-state index contributed by atoms with van der Waals surface area (Å²) in [6, 6.07) is 22.5. The summed E-state index contributed by atoms with van der Waals surface area (Å²) in [5.74, 6) is 2.07. The van der Waals surface area contributed by atoms with E-state index in [9.17, 15) is 4.79 Å². The zero-order valence-corrected chi connectivity index (χ0v) is 19.4. The lowest BCUT2D eigenvalue weighted by atomic mass is 10.1. The van der Waals surface area contributed by atoms with Gasteiger partial charge in [0, 0.05) is 24.6 Å². The Labute approximate surface area is 194 Å². The van der Waals surface area contributed by atoms with E-state index in [1.165, 1.54) is 5.56 Å². The molecule has 1 aromatic heterocycles. The number of amides is 1. The third-order valence-electron chi connectivity index (χ3n) is 6.48. The number of aromatic nitrogens is 2. The summed E-state index contributed by atoms with van der Waals surface area (Å²) in [5, 5.41) is 0. The quantitative estimate of drug-likeness (QED) is 0.395. The Morgan fingerprint density at radius 2 is 1.76 bits per heavy atom. The average molecular weight is 440 g/mol. The van der Waals surface area contributed by atoms with Crippen molar-refractivity contribution in [3.05, 3.63) is 89.2 Å². The molecule has 1 saturated heterocycles. The molecule has 2 heterocycles. The molecule has 5 nitrogen and oxygen atoms in total. The van der Waals surface area contributed by atoms with Gasteiger partial charge in [0.1, 0.15) is 18.2 Å². The van der Waals surface area contributed by atoms with Crippen LogP contribution in [-0.4, -0.2) is 28.6 Å². The molecule has 0 spiro atoms. The molecule has 4 aromatic rings. The molecule has 33 heavy (non-hydrogen) atoms. The van der Waals surface area contributed by atoms with Crippen LogP contribution in [-0.2, 0) is 11.3 Å². The van der Waals surface area contributed by atoms with E-state index < -0.39 is 0 Å². The lowest BCUT2D eigenvalue weighted by molar-refractivity contribution is -0.117. The number of anilines is 1. The summed E-state index contributed by atoms with van der Waals surface area (Å²) in [4.78, 5) is 19.9. The summed E-state index contributed by atoms with van der Waals surface area (Å²) in [6.45, 7) is 8.07. The average Bonchev–Trinajstić information content (AvgIpc) is 3.36. The molecule has 5 heteroatoms. The maximum Gasteiger partial charge on any atom is 0.227 e. The number of carbonyl (C=O) groups excluding carboxylic acids is 1. The first kappa shape index (κ1) is 21.3. The van der Waals surface area contributed by atoms with Crippen LogP contribution in [0.4, 0.5) is 5.69 Å². The van der Waals surface area contributed by atoms with Gasteiger partial charge >= 0.3 is 0 Å². The second-order valence-corrected chi connectivity index (χ2v) is 8.92. The Bertz CT molecular complexity index is 1320. The molecular formula is C28H29N3O2. The largest absolute Gasteiger partial charge is 0.491 e. The van der Waals surface area contributed by atoms with Gasteiger partial charge in [0.05, 0.1) is 17.6 Å². The number of aryl methyl sites for hydroxylation is 3. The highest BCUT2D eigenvalue weighted by molar-refractivity contribution is 5.97. The van der Waals surface area contributed by atoms with Crippen molar-refractivity contribution in [1.29, 1.82) is 0 Å². The van der Waals surface area contributed by atoms with Crippen LogP contribution >= 0.6 is 0 Å². The summed E-state index contributed by atoms with van der Waals surface area (Å²) in [5.41, 5.74) is 6.50. The van der Waals surface area contributed by atoms with Gasteiger partial charge < -0.3 is 14.2 Å². The van der Waals surface area contributed by atoms with E-state index in [-0.39, 0.29) is 11.8 Å². The molecule has 0 saturated carbocycles. The fourth-order valence-electron chi connectivity index (χ4n) is 4.83. The topological polar surface area (TPSA) is 47.4 Å². The number of benzene rings is 3. The number of imidazole rings is 1. The molecule has 1 aliphatic rings. The molecule has 1 atom stereocenters. The highest BCUT2D eigenvalue weighted by atomic mass is 16.5. The van der Waals surface area contributed by atoms with Crippen molar-refractivity contribution >= 4 is 22.6 Å². The number of hydrogen-bond acceptors (Lipinski definition) is 3. The molecule has 3 aromatic carbocycles. The van der Waals surface area contributed by atoms with Crippen LogP contribution in [0.25, 0.3) is 11.0 Å². The minimum Gasteiger partial charge on any atom is -0.491 e. The smallest absolute Gasteiger partial charge is 0.227 e. The van der Waals surface area contributed by atoms with Crippen LogP contribution in [0.5, 0.6) is 5.75 Å². The highest BCUT2D eigenvalue weighted by Crippen LogP contribution is 2.34. The summed E-state index contributed by atoms with van der Waals surface area (Å²) in [7, 11) is 0. The Kier molecular flexibility index (Phi) is 5.63. The number of fused-ring (bicyclic) bond motifs is 1. The first-order chi connectivity index (χ1) is 16.0. The van der Waals surface area contributed by atoms with Crippen LogP contribution in [0.2, 0.25) is 0 Å². The van der Waals surface area contributed by atoms with Gasteiger partial charge in [-0.3, -0.25) is 4.79 Å². The van der Waals surface area contributed by atoms with E-state index in [0.717, 1.165) is 39.4 Å². The Morgan fingerprint density at radius 3 is 2.58 bits per heavy atom. The Morgan fingerprint density at radius 1 is 0.970 bits per heavy atom. The van der Waals surface area contributed by atoms with Crippen molar-refractivity contribution in [2.24, 2.45) is 0 Å². The highest BCUT2D eigenvalue weighted by Gasteiger charge is 2.35. The van der Waals surface area contributed by atoms with Gasteiger partial charge in [-0.1, -0.05) is 48.0 Å². The number of hydrogen-bond donors (Lipinski definition) is 0. The molecule has 1 fully saturated rings. The van der Waals surface area contributed by atoms with E-state index >= 15 is 0 Å². The van der Waals surface area contributed by atoms with Crippen molar-refractivity contribution in [2.75, 3.05) is 18.1 Å². The van der Waals surface area contributed by atoms with Crippen LogP contribution in [0.3, 0.4) is 0 Å². The van der Waals surface area contributed by atoms with Gasteiger partial charge in [0.25, 0.3) is 0 Å². The zero-order valence-electron chi connectivity index (χ0n) is 19.4. The van der Waals surface area contributed by atoms with Crippen molar-refractivity contribution < 1.29 is 9.53 Å². The molecular weight excluding hydrogens is 410 g/mol. The zero-order chi connectivity index (χ0) is 22.9. The molecule has 1 amide bonds. The van der Waals surface area contributed by atoms with Crippen LogP contribution in [0, 0.1) is 20.8 Å². The summed E-state index contributed by atoms with van der Waals surface area (Å²) < 4.78 is 8.32. The van der Waals surface area contributed by atoms with Gasteiger partial charge in [-0.05, 0) is 56.2 Å². The number of carbonyl (C=O) groups is 1. The van der Waals surface area contributed by atoms with Crippen LogP contribution in [0.15, 0.2) is 66.7 Å². The Hall–Kier alpha value is -3.60. The van der Waals surface area contributed by atoms with Gasteiger partial charge in [-0.2, -0.15) is 0 Å².